The summed E-state index contributed by atoms with van der Waals surface area (Å²) in [5, 5.41) is 3.40. The largest absolute Gasteiger partial charge is 0.383 e. The van der Waals surface area contributed by atoms with Gasteiger partial charge in [0, 0.05) is 39.8 Å². The zero-order valence-electron chi connectivity index (χ0n) is 13.1. The fourth-order valence-electron chi connectivity index (χ4n) is 2.34. The van der Waals surface area contributed by atoms with Gasteiger partial charge in [0.1, 0.15) is 0 Å². The molecule has 0 spiro atoms. The zero-order valence-corrected chi connectivity index (χ0v) is 13.9. The average molecular weight is 307 g/mol. The lowest BCUT2D eigenvalue weighted by atomic mass is 9.99. The Bertz CT molecular complexity index is 373. The van der Waals surface area contributed by atoms with Crippen molar-refractivity contribution in [1.29, 1.82) is 0 Å². The van der Waals surface area contributed by atoms with Gasteiger partial charge in [0.15, 0.2) is 0 Å². The van der Waals surface area contributed by atoms with Crippen LogP contribution < -0.4 is 5.32 Å². The maximum atomic E-state index is 12.5. The van der Waals surface area contributed by atoms with E-state index in [4.69, 9.17) is 4.74 Å². The van der Waals surface area contributed by atoms with Gasteiger partial charge in [0.05, 0.1) is 6.61 Å². The second kappa shape index (κ2) is 8.29. The molecule has 1 unspecified atom stereocenters. The lowest BCUT2D eigenvalue weighted by molar-refractivity contribution is 0.179. The van der Waals surface area contributed by atoms with E-state index in [1.165, 1.54) is 4.31 Å². The Kier molecular flexibility index (Phi) is 7.39. The Morgan fingerprint density at radius 3 is 2.75 bits per heavy atom. The average Bonchev–Trinajstić information content (AvgIpc) is 2.42. The van der Waals surface area contributed by atoms with E-state index in [-0.39, 0.29) is 0 Å². The molecule has 1 rings (SSSR count). The number of hydrogen-bond acceptors (Lipinski definition) is 4. The number of nitrogens with zero attached hydrogens (tertiary/aromatic N) is 2. The van der Waals surface area contributed by atoms with Crippen molar-refractivity contribution in [3.8, 4) is 0 Å². The smallest absolute Gasteiger partial charge is 0.281 e. The summed E-state index contributed by atoms with van der Waals surface area (Å²) in [5.74, 6) is 0.400. The van der Waals surface area contributed by atoms with Gasteiger partial charge >= 0.3 is 0 Å². The summed E-state index contributed by atoms with van der Waals surface area (Å²) < 4.78 is 32.8. The molecule has 0 aromatic rings. The molecule has 1 heterocycles. The molecule has 0 bridgehead atoms. The number of methoxy groups -OCH3 is 1. The van der Waals surface area contributed by atoms with E-state index in [1.54, 1.807) is 18.5 Å². The van der Waals surface area contributed by atoms with Gasteiger partial charge in [0.2, 0.25) is 0 Å². The summed E-state index contributed by atoms with van der Waals surface area (Å²) in [6.07, 6.45) is 2.02. The number of ether oxygens (including phenoxy) is 1. The summed E-state index contributed by atoms with van der Waals surface area (Å²) in [6.45, 7) is 7.14. The van der Waals surface area contributed by atoms with Crippen molar-refractivity contribution in [3.63, 3.8) is 0 Å². The molecule has 1 aliphatic rings. The molecule has 0 radical (unpaired) electrons. The van der Waals surface area contributed by atoms with E-state index in [9.17, 15) is 8.42 Å². The lowest BCUT2D eigenvalue weighted by Gasteiger charge is -2.34. The summed E-state index contributed by atoms with van der Waals surface area (Å²) in [4.78, 5) is 0. The highest BCUT2D eigenvalue weighted by Crippen LogP contribution is 2.20. The van der Waals surface area contributed by atoms with Gasteiger partial charge in [-0.25, -0.2) is 0 Å². The van der Waals surface area contributed by atoms with E-state index in [1.807, 2.05) is 0 Å². The first kappa shape index (κ1) is 17.8. The number of rotatable bonds is 8. The Morgan fingerprint density at radius 1 is 1.45 bits per heavy atom. The van der Waals surface area contributed by atoms with Crippen LogP contribution >= 0.6 is 0 Å². The van der Waals surface area contributed by atoms with Crippen molar-refractivity contribution >= 4 is 10.2 Å². The molecule has 1 N–H and O–H groups in total. The predicted octanol–water partition coefficient (Wildman–Crippen LogP) is 0.519. The van der Waals surface area contributed by atoms with Crippen LogP contribution in [-0.2, 0) is 14.9 Å². The van der Waals surface area contributed by atoms with Gasteiger partial charge < -0.3 is 10.1 Å². The minimum absolute atomic E-state index is 0.393. The second-order valence-electron chi connectivity index (χ2n) is 5.75. The Balaban J connectivity index is 2.56. The quantitative estimate of drug-likeness (QED) is 0.710. The molecule has 0 amide bonds. The van der Waals surface area contributed by atoms with Crippen LogP contribution in [0.5, 0.6) is 0 Å². The van der Waals surface area contributed by atoms with Crippen molar-refractivity contribution < 1.29 is 13.2 Å². The van der Waals surface area contributed by atoms with Crippen LogP contribution in [0.25, 0.3) is 0 Å². The number of likely N-dealkylation sites (N-methyl/N-ethyl adjacent to an activating group) is 1. The van der Waals surface area contributed by atoms with E-state index in [0.29, 0.717) is 38.2 Å². The second-order valence-corrected chi connectivity index (χ2v) is 7.79. The van der Waals surface area contributed by atoms with Crippen LogP contribution in [0, 0.1) is 5.92 Å². The molecule has 0 aromatic carbocycles. The summed E-state index contributed by atoms with van der Waals surface area (Å²) in [6, 6.07) is 0.436. The molecule has 1 atom stereocenters. The molecular formula is C13H29N3O3S. The molecule has 0 aliphatic carbocycles. The third-order valence-electron chi connectivity index (χ3n) is 3.63. The van der Waals surface area contributed by atoms with Crippen LogP contribution in [0.2, 0.25) is 0 Å². The molecular weight excluding hydrogens is 278 g/mol. The third kappa shape index (κ3) is 5.29. The number of nitrogens with one attached hydrogen (secondary N) is 1. The van der Waals surface area contributed by atoms with Gasteiger partial charge in [-0.2, -0.15) is 17.0 Å². The molecule has 6 nitrogen and oxygen atoms in total. The molecule has 120 valence electrons. The summed E-state index contributed by atoms with van der Waals surface area (Å²) in [7, 11) is -0.153. The molecule has 1 aliphatic heterocycles. The maximum Gasteiger partial charge on any atom is 0.281 e. The first-order valence-corrected chi connectivity index (χ1v) is 8.71. The monoisotopic (exact) mass is 307 g/mol. The van der Waals surface area contributed by atoms with Crippen molar-refractivity contribution in [2.45, 2.75) is 32.7 Å². The normalized spacial score (nSPS) is 21.8. The third-order valence-corrected chi connectivity index (χ3v) is 5.58. The van der Waals surface area contributed by atoms with E-state index >= 15 is 0 Å². The predicted molar refractivity (Wildman–Crippen MR) is 80.9 cm³/mol. The minimum atomic E-state index is -3.35. The minimum Gasteiger partial charge on any atom is -0.383 e. The molecule has 1 fully saturated rings. The van der Waals surface area contributed by atoms with Gasteiger partial charge in [-0.1, -0.05) is 13.8 Å². The van der Waals surface area contributed by atoms with Gasteiger partial charge in [-0.15, -0.1) is 0 Å². The van der Waals surface area contributed by atoms with Crippen molar-refractivity contribution in [2.24, 2.45) is 5.92 Å². The summed E-state index contributed by atoms with van der Waals surface area (Å²) >= 11 is 0. The highest BCUT2D eigenvalue weighted by Gasteiger charge is 2.31. The molecule has 0 aromatic heterocycles. The topological polar surface area (TPSA) is 61.9 Å². The highest BCUT2D eigenvalue weighted by atomic mass is 32.2. The maximum absolute atomic E-state index is 12.5. The van der Waals surface area contributed by atoms with Gasteiger partial charge in [-0.3, -0.25) is 0 Å². The molecule has 0 saturated carbocycles. The van der Waals surface area contributed by atoms with Gasteiger partial charge in [-0.05, 0) is 25.3 Å². The van der Waals surface area contributed by atoms with E-state index in [2.05, 4.69) is 19.2 Å². The van der Waals surface area contributed by atoms with Crippen molar-refractivity contribution in [1.82, 2.24) is 13.9 Å². The zero-order chi connectivity index (χ0) is 15.2. The first-order valence-electron chi connectivity index (χ1n) is 7.31. The molecule has 1 saturated heterocycles. The van der Waals surface area contributed by atoms with Crippen LogP contribution in [0.4, 0.5) is 0 Å². The Morgan fingerprint density at radius 2 is 2.15 bits per heavy atom. The van der Waals surface area contributed by atoms with E-state index in [0.717, 1.165) is 19.4 Å². The Hall–Kier alpha value is -0.210. The standard InChI is InChI=1S/C13H29N3O3S/c1-12(2)14-10-13-6-5-7-16(11-13)20(17,18)15(3)8-9-19-4/h12-14H,5-11H2,1-4H3. The molecule has 7 heteroatoms. The van der Waals surface area contributed by atoms with Crippen molar-refractivity contribution in [2.75, 3.05) is 46.9 Å². The number of piperidine rings is 1. The Labute approximate surface area is 123 Å². The number of hydrogen-bond donors (Lipinski definition) is 1. The fraction of sp³-hybridized carbons (Fsp3) is 1.00. The molecule has 20 heavy (non-hydrogen) atoms. The fourth-order valence-corrected chi connectivity index (χ4v) is 3.80. The lowest BCUT2D eigenvalue weighted by Crippen LogP contribution is -2.49. The first-order chi connectivity index (χ1) is 9.37. The highest BCUT2D eigenvalue weighted by molar-refractivity contribution is 7.86. The van der Waals surface area contributed by atoms with E-state index < -0.39 is 10.2 Å². The SMILES string of the molecule is COCCN(C)S(=O)(=O)N1CCCC(CNC(C)C)C1. The van der Waals surface area contributed by atoms with Crippen LogP contribution in [0.3, 0.4) is 0 Å². The van der Waals surface area contributed by atoms with Gasteiger partial charge in [0.25, 0.3) is 10.2 Å². The summed E-state index contributed by atoms with van der Waals surface area (Å²) in [5.41, 5.74) is 0. The van der Waals surface area contributed by atoms with Crippen molar-refractivity contribution in [3.05, 3.63) is 0 Å². The van der Waals surface area contributed by atoms with Crippen LogP contribution in [-0.4, -0.2) is 70.0 Å². The van der Waals surface area contributed by atoms with Crippen LogP contribution in [0.15, 0.2) is 0 Å². The van der Waals surface area contributed by atoms with Crippen LogP contribution in [0.1, 0.15) is 26.7 Å².